The normalized spacial score (nSPS) is 25.4. The maximum absolute atomic E-state index is 12.1. The van der Waals surface area contributed by atoms with Gasteiger partial charge in [-0.15, -0.1) is 0 Å². The molecule has 2 N–H and O–H groups in total. The summed E-state index contributed by atoms with van der Waals surface area (Å²) in [5, 5.41) is 14.0. The summed E-state index contributed by atoms with van der Waals surface area (Å²) < 4.78 is 0. The molecule has 120 valence electrons. The van der Waals surface area contributed by atoms with Crippen LogP contribution < -0.4 is 5.32 Å². The van der Waals surface area contributed by atoms with Crippen molar-refractivity contribution in [3.8, 4) is 0 Å². The average Bonchev–Trinajstić information content (AvgIpc) is 2.41. The molecule has 0 radical (unpaired) electrons. The van der Waals surface area contributed by atoms with Gasteiger partial charge in [0.2, 0.25) is 5.91 Å². The van der Waals surface area contributed by atoms with Gasteiger partial charge in [-0.05, 0) is 48.6 Å². The quantitative estimate of drug-likeness (QED) is 0.859. The number of carbonyl (C=O) groups is 1. The van der Waals surface area contributed by atoms with Gasteiger partial charge in [0.25, 0.3) is 0 Å². The Hall–Kier alpha value is -0.770. The number of hydrogen-bond donors (Lipinski definition) is 2. The summed E-state index contributed by atoms with van der Waals surface area (Å²) in [7, 11) is 0. The van der Waals surface area contributed by atoms with Crippen molar-refractivity contribution in [3.05, 3.63) is 33.8 Å². The van der Waals surface area contributed by atoms with Gasteiger partial charge in [-0.25, -0.2) is 0 Å². The molecule has 0 heterocycles. The molecule has 2 saturated carbocycles. The second kappa shape index (κ2) is 6.38. The topological polar surface area (TPSA) is 49.3 Å². The molecular formula is C17H21Cl2NO2. The van der Waals surface area contributed by atoms with Gasteiger partial charge in [0, 0.05) is 13.0 Å². The van der Waals surface area contributed by atoms with E-state index in [-0.39, 0.29) is 17.4 Å². The van der Waals surface area contributed by atoms with E-state index >= 15 is 0 Å². The maximum Gasteiger partial charge on any atom is 0.220 e. The highest BCUT2D eigenvalue weighted by Gasteiger charge is 2.57. The van der Waals surface area contributed by atoms with Crippen molar-refractivity contribution < 1.29 is 9.90 Å². The molecule has 0 aromatic heterocycles. The number of amides is 1. The minimum Gasteiger partial charge on any atom is -0.393 e. The third kappa shape index (κ3) is 2.86. The van der Waals surface area contributed by atoms with Crippen molar-refractivity contribution in [1.82, 2.24) is 5.32 Å². The molecule has 5 heteroatoms. The van der Waals surface area contributed by atoms with Crippen molar-refractivity contribution in [3.63, 3.8) is 0 Å². The van der Waals surface area contributed by atoms with Crippen LogP contribution in [0.4, 0.5) is 0 Å². The van der Waals surface area contributed by atoms with Crippen LogP contribution >= 0.6 is 23.2 Å². The molecule has 2 atom stereocenters. The van der Waals surface area contributed by atoms with E-state index in [0.717, 1.165) is 24.8 Å². The highest BCUT2D eigenvalue weighted by atomic mass is 35.5. The van der Waals surface area contributed by atoms with Crippen molar-refractivity contribution in [2.45, 2.75) is 44.6 Å². The third-order valence-electron chi connectivity index (χ3n) is 5.45. The Kier molecular flexibility index (Phi) is 4.67. The molecule has 1 spiro atoms. The Bertz CT molecular complexity index is 572. The first-order valence-electron chi connectivity index (χ1n) is 7.90. The van der Waals surface area contributed by atoms with E-state index in [2.05, 4.69) is 5.32 Å². The lowest BCUT2D eigenvalue weighted by Crippen LogP contribution is -2.58. The fraction of sp³-hybridized carbons (Fsp3) is 0.588. The molecule has 2 unspecified atom stereocenters. The summed E-state index contributed by atoms with van der Waals surface area (Å²) in [6.45, 7) is 0.557. The molecule has 1 aromatic rings. The zero-order chi connectivity index (χ0) is 15.7. The van der Waals surface area contributed by atoms with Crippen molar-refractivity contribution in [1.29, 1.82) is 0 Å². The van der Waals surface area contributed by atoms with Crippen molar-refractivity contribution in [2.75, 3.05) is 6.54 Å². The molecule has 3 rings (SSSR count). The number of nitrogens with one attached hydrogen (secondary N) is 1. The standard InChI is InChI=1S/C17H21Cl2NO2/c18-13-4-1-3-11(16(13)19)5-8-20-15(22)10-12-9-14(21)17(12)6-2-7-17/h1,3-4,12,14,21H,2,5-10H2,(H,20,22). The van der Waals surface area contributed by atoms with Crippen LogP contribution in [0.5, 0.6) is 0 Å². The first-order chi connectivity index (χ1) is 10.5. The highest BCUT2D eigenvalue weighted by molar-refractivity contribution is 6.42. The maximum atomic E-state index is 12.1. The van der Waals surface area contributed by atoms with Gasteiger partial charge in [-0.1, -0.05) is 41.8 Å². The summed E-state index contributed by atoms with van der Waals surface area (Å²) >= 11 is 12.1. The van der Waals surface area contributed by atoms with Crippen LogP contribution in [0.25, 0.3) is 0 Å². The van der Waals surface area contributed by atoms with Crippen LogP contribution in [-0.2, 0) is 11.2 Å². The number of rotatable bonds is 5. The lowest BCUT2D eigenvalue weighted by molar-refractivity contribution is -0.175. The molecule has 1 aromatic carbocycles. The van der Waals surface area contributed by atoms with Crippen LogP contribution in [0.3, 0.4) is 0 Å². The van der Waals surface area contributed by atoms with Gasteiger partial charge in [0.1, 0.15) is 0 Å². The zero-order valence-electron chi connectivity index (χ0n) is 12.4. The summed E-state index contributed by atoms with van der Waals surface area (Å²) in [5.74, 6) is 0.423. The molecule has 0 saturated heterocycles. The van der Waals surface area contributed by atoms with Crippen LogP contribution in [-0.4, -0.2) is 23.7 Å². The average molecular weight is 342 g/mol. The Morgan fingerprint density at radius 3 is 2.77 bits per heavy atom. The third-order valence-corrected chi connectivity index (χ3v) is 6.31. The molecule has 2 aliphatic rings. The molecule has 22 heavy (non-hydrogen) atoms. The Labute approximate surface area is 141 Å². The number of halogens is 2. The van der Waals surface area contributed by atoms with E-state index in [1.807, 2.05) is 12.1 Å². The lowest BCUT2D eigenvalue weighted by atomic mass is 9.47. The van der Waals surface area contributed by atoms with E-state index in [4.69, 9.17) is 23.2 Å². The smallest absolute Gasteiger partial charge is 0.220 e. The number of aliphatic hydroxyl groups is 1. The van der Waals surface area contributed by atoms with Gasteiger partial charge in [-0.3, -0.25) is 4.79 Å². The molecule has 2 fully saturated rings. The van der Waals surface area contributed by atoms with Gasteiger partial charge in [-0.2, -0.15) is 0 Å². The van der Waals surface area contributed by atoms with Crippen molar-refractivity contribution in [2.24, 2.45) is 11.3 Å². The van der Waals surface area contributed by atoms with Crippen LogP contribution in [0.15, 0.2) is 18.2 Å². The van der Waals surface area contributed by atoms with E-state index < -0.39 is 0 Å². The van der Waals surface area contributed by atoms with Gasteiger partial charge in [0.15, 0.2) is 0 Å². The van der Waals surface area contributed by atoms with Crippen LogP contribution in [0.2, 0.25) is 10.0 Å². The van der Waals surface area contributed by atoms with Gasteiger partial charge in [0.05, 0.1) is 16.1 Å². The Morgan fingerprint density at radius 1 is 1.36 bits per heavy atom. The van der Waals surface area contributed by atoms with Crippen LogP contribution in [0.1, 0.15) is 37.7 Å². The minimum atomic E-state index is -0.190. The fourth-order valence-electron chi connectivity index (χ4n) is 3.84. The van der Waals surface area contributed by atoms with E-state index in [1.165, 1.54) is 6.42 Å². The predicted molar refractivity (Wildman–Crippen MR) is 88.2 cm³/mol. The molecule has 2 aliphatic carbocycles. The van der Waals surface area contributed by atoms with E-state index in [9.17, 15) is 9.90 Å². The second-order valence-corrected chi connectivity index (χ2v) is 7.34. The predicted octanol–water partition coefficient (Wildman–Crippen LogP) is 3.59. The van der Waals surface area contributed by atoms with E-state index in [1.54, 1.807) is 6.07 Å². The number of carbonyl (C=O) groups excluding carboxylic acids is 1. The van der Waals surface area contributed by atoms with Gasteiger partial charge >= 0.3 is 0 Å². The summed E-state index contributed by atoms with van der Waals surface area (Å²) in [4.78, 5) is 12.1. The lowest BCUT2D eigenvalue weighted by Gasteiger charge is -2.59. The van der Waals surface area contributed by atoms with Crippen LogP contribution in [0, 0.1) is 11.3 Å². The first kappa shape index (κ1) is 16.1. The monoisotopic (exact) mass is 341 g/mol. The number of aliphatic hydroxyl groups excluding tert-OH is 1. The summed E-state index contributed by atoms with van der Waals surface area (Å²) in [6.07, 6.45) is 5.11. The largest absolute Gasteiger partial charge is 0.393 e. The molecule has 1 amide bonds. The molecular weight excluding hydrogens is 321 g/mol. The minimum absolute atomic E-state index is 0.0631. The molecule has 0 bridgehead atoms. The van der Waals surface area contributed by atoms with E-state index in [0.29, 0.717) is 35.3 Å². The fourth-order valence-corrected chi connectivity index (χ4v) is 4.25. The first-order valence-corrected chi connectivity index (χ1v) is 8.66. The summed E-state index contributed by atoms with van der Waals surface area (Å²) in [5.41, 5.74) is 1.01. The number of hydrogen-bond acceptors (Lipinski definition) is 2. The SMILES string of the molecule is O=C(CC1CC(O)C12CCC2)NCCc1cccc(Cl)c1Cl. The highest BCUT2D eigenvalue weighted by Crippen LogP contribution is 2.60. The van der Waals surface area contributed by atoms with Crippen molar-refractivity contribution >= 4 is 29.1 Å². The van der Waals surface area contributed by atoms with Gasteiger partial charge < -0.3 is 10.4 Å². The Morgan fingerprint density at radius 2 is 2.14 bits per heavy atom. The molecule has 0 aliphatic heterocycles. The summed E-state index contributed by atoms with van der Waals surface area (Å²) in [6, 6.07) is 5.54. The second-order valence-electron chi connectivity index (χ2n) is 6.55. The zero-order valence-corrected chi connectivity index (χ0v) is 14.0. The Balaban J connectivity index is 1.44. The number of benzene rings is 1. The molecule has 3 nitrogen and oxygen atoms in total.